The molecular weight excluding hydrogens is 364 g/mol. The monoisotopic (exact) mass is 388 g/mol. The minimum atomic E-state index is -0.0832. The van der Waals surface area contributed by atoms with Gasteiger partial charge in [-0.15, -0.1) is 0 Å². The Bertz CT molecular complexity index is 1000. The van der Waals surface area contributed by atoms with Gasteiger partial charge in [0.05, 0.1) is 0 Å². The van der Waals surface area contributed by atoms with Crippen molar-refractivity contribution in [2.75, 3.05) is 24.5 Å². The lowest BCUT2D eigenvalue weighted by Crippen LogP contribution is -2.36. The normalized spacial score (nSPS) is 18.6. The number of amides is 1. The Morgan fingerprint density at radius 3 is 2.83 bits per heavy atom. The van der Waals surface area contributed by atoms with Crippen LogP contribution in [0.4, 0.5) is 5.82 Å². The summed E-state index contributed by atoms with van der Waals surface area (Å²) in [6.45, 7) is 2.45. The Morgan fingerprint density at radius 2 is 2.00 bits per heavy atom. The number of rotatable bonds is 5. The van der Waals surface area contributed by atoms with Crippen molar-refractivity contribution in [1.82, 2.24) is 25.5 Å². The van der Waals surface area contributed by atoms with E-state index in [0.29, 0.717) is 18.2 Å². The molecular formula is C22H24N6O. The number of nitrogens with one attached hydrogen (secondary N) is 2. The van der Waals surface area contributed by atoms with Crippen LogP contribution in [-0.2, 0) is 19.3 Å². The summed E-state index contributed by atoms with van der Waals surface area (Å²) in [7, 11) is 0. The van der Waals surface area contributed by atoms with Gasteiger partial charge in [0.1, 0.15) is 17.3 Å². The van der Waals surface area contributed by atoms with E-state index in [4.69, 9.17) is 4.98 Å². The number of aromatic amines is 1. The van der Waals surface area contributed by atoms with E-state index in [0.717, 1.165) is 61.7 Å². The van der Waals surface area contributed by atoms with Crippen molar-refractivity contribution in [3.63, 3.8) is 0 Å². The number of hydrogen-bond acceptors (Lipinski definition) is 5. The van der Waals surface area contributed by atoms with E-state index in [9.17, 15) is 4.79 Å². The summed E-state index contributed by atoms with van der Waals surface area (Å²) in [5.41, 5.74) is 3.95. The second kappa shape index (κ2) is 7.66. The number of anilines is 1. The predicted octanol–water partition coefficient (Wildman–Crippen LogP) is 2.26. The molecule has 7 nitrogen and oxygen atoms in total. The van der Waals surface area contributed by atoms with Crippen molar-refractivity contribution in [1.29, 1.82) is 0 Å². The van der Waals surface area contributed by atoms with Gasteiger partial charge >= 0.3 is 0 Å². The van der Waals surface area contributed by atoms with E-state index in [-0.39, 0.29) is 5.91 Å². The fraction of sp³-hybridized carbons (Fsp3) is 0.364. The van der Waals surface area contributed by atoms with Crippen LogP contribution in [0.2, 0.25) is 0 Å². The number of H-pyrrole nitrogens is 1. The lowest BCUT2D eigenvalue weighted by atomic mass is 10.0. The molecule has 148 valence electrons. The average molecular weight is 388 g/mol. The van der Waals surface area contributed by atoms with Crippen LogP contribution < -0.4 is 10.2 Å². The Balaban J connectivity index is 1.44. The van der Waals surface area contributed by atoms with Crippen molar-refractivity contribution in [2.45, 2.75) is 31.6 Å². The SMILES string of the molecule is O=C1NCCc2c1nc(CCc1ccccc1)nc2N1CCC(c2ccn[nH]2)C1. The third-order valence-corrected chi connectivity index (χ3v) is 5.84. The molecule has 0 radical (unpaired) electrons. The van der Waals surface area contributed by atoms with Crippen LogP contribution in [0.3, 0.4) is 0 Å². The first-order valence-corrected chi connectivity index (χ1v) is 10.2. The number of aryl methyl sites for hydroxylation is 2. The van der Waals surface area contributed by atoms with Crippen LogP contribution in [-0.4, -0.2) is 45.7 Å². The van der Waals surface area contributed by atoms with Gasteiger partial charge in [0, 0.05) is 49.4 Å². The quantitative estimate of drug-likeness (QED) is 0.700. The number of benzene rings is 1. The highest BCUT2D eigenvalue weighted by Crippen LogP contribution is 2.32. The van der Waals surface area contributed by atoms with Gasteiger partial charge in [0.15, 0.2) is 0 Å². The lowest BCUT2D eigenvalue weighted by molar-refractivity contribution is 0.0940. The van der Waals surface area contributed by atoms with Gasteiger partial charge in [0.25, 0.3) is 5.91 Å². The number of carbonyl (C=O) groups is 1. The molecule has 0 spiro atoms. The van der Waals surface area contributed by atoms with Gasteiger partial charge in [-0.2, -0.15) is 5.10 Å². The number of hydrogen-bond donors (Lipinski definition) is 2. The molecule has 2 N–H and O–H groups in total. The van der Waals surface area contributed by atoms with E-state index in [1.54, 1.807) is 6.20 Å². The van der Waals surface area contributed by atoms with Gasteiger partial charge < -0.3 is 10.2 Å². The Labute approximate surface area is 169 Å². The van der Waals surface area contributed by atoms with E-state index < -0.39 is 0 Å². The van der Waals surface area contributed by atoms with E-state index in [2.05, 4.69) is 37.5 Å². The Kier molecular flexibility index (Phi) is 4.71. The van der Waals surface area contributed by atoms with Crippen molar-refractivity contribution in [3.8, 4) is 0 Å². The molecule has 7 heteroatoms. The van der Waals surface area contributed by atoms with Crippen molar-refractivity contribution < 1.29 is 4.79 Å². The fourth-order valence-corrected chi connectivity index (χ4v) is 4.29. The van der Waals surface area contributed by atoms with Crippen LogP contribution in [0.15, 0.2) is 42.6 Å². The largest absolute Gasteiger partial charge is 0.356 e. The van der Waals surface area contributed by atoms with Crippen molar-refractivity contribution >= 4 is 11.7 Å². The first-order valence-electron chi connectivity index (χ1n) is 10.2. The third kappa shape index (κ3) is 3.60. The zero-order valence-corrected chi connectivity index (χ0v) is 16.3. The van der Waals surface area contributed by atoms with Crippen LogP contribution in [0.25, 0.3) is 0 Å². The zero-order chi connectivity index (χ0) is 19.6. The molecule has 4 heterocycles. The standard InChI is InChI=1S/C22H24N6O/c29-22-20-17(8-11-23-22)21(28-13-10-16(14-28)18-9-12-24-27-18)26-19(25-20)7-6-15-4-2-1-3-5-15/h1-5,9,12,16H,6-8,10-11,13-14H2,(H,23,29)(H,24,27). The Morgan fingerprint density at radius 1 is 1.10 bits per heavy atom. The topological polar surface area (TPSA) is 86.8 Å². The summed E-state index contributed by atoms with van der Waals surface area (Å²) in [4.78, 5) is 24.4. The molecule has 29 heavy (non-hydrogen) atoms. The summed E-state index contributed by atoms with van der Waals surface area (Å²) in [6, 6.07) is 12.4. The molecule has 1 aromatic carbocycles. The molecule has 2 aliphatic heterocycles. The smallest absolute Gasteiger partial charge is 0.270 e. The molecule has 1 fully saturated rings. The van der Waals surface area contributed by atoms with Gasteiger partial charge in [-0.1, -0.05) is 30.3 Å². The third-order valence-electron chi connectivity index (χ3n) is 5.84. The van der Waals surface area contributed by atoms with E-state index >= 15 is 0 Å². The summed E-state index contributed by atoms with van der Waals surface area (Å²) >= 11 is 0. The molecule has 0 saturated carbocycles. The fourth-order valence-electron chi connectivity index (χ4n) is 4.29. The van der Waals surface area contributed by atoms with Crippen LogP contribution in [0, 0.1) is 0 Å². The van der Waals surface area contributed by atoms with Gasteiger partial charge in [0.2, 0.25) is 0 Å². The predicted molar refractivity (Wildman–Crippen MR) is 110 cm³/mol. The molecule has 1 unspecified atom stereocenters. The summed E-state index contributed by atoms with van der Waals surface area (Å²) in [6.07, 6.45) is 5.20. The maximum absolute atomic E-state index is 12.5. The van der Waals surface area contributed by atoms with Crippen molar-refractivity contribution in [3.05, 3.63) is 70.9 Å². The maximum Gasteiger partial charge on any atom is 0.270 e. The number of fused-ring (bicyclic) bond motifs is 1. The molecule has 1 amide bonds. The molecule has 0 bridgehead atoms. The average Bonchev–Trinajstić information content (AvgIpc) is 3.45. The van der Waals surface area contributed by atoms with E-state index in [1.165, 1.54) is 5.56 Å². The van der Waals surface area contributed by atoms with Crippen molar-refractivity contribution in [2.24, 2.45) is 0 Å². The molecule has 2 aliphatic rings. The molecule has 1 atom stereocenters. The van der Waals surface area contributed by atoms with Gasteiger partial charge in [-0.05, 0) is 30.9 Å². The van der Waals surface area contributed by atoms with Crippen LogP contribution in [0.5, 0.6) is 0 Å². The second-order valence-electron chi connectivity index (χ2n) is 7.73. The van der Waals surface area contributed by atoms with E-state index in [1.807, 2.05) is 24.3 Å². The molecule has 3 aromatic rings. The first-order chi connectivity index (χ1) is 14.3. The molecule has 0 aliphatic carbocycles. The number of carbonyl (C=O) groups excluding carboxylic acids is 1. The first kappa shape index (κ1) is 17.8. The Hall–Kier alpha value is -3.22. The molecule has 5 rings (SSSR count). The van der Waals surface area contributed by atoms with Crippen LogP contribution in [0.1, 0.15) is 45.5 Å². The molecule has 1 saturated heterocycles. The minimum Gasteiger partial charge on any atom is -0.356 e. The van der Waals surface area contributed by atoms with Crippen LogP contribution >= 0.6 is 0 Å². The highest BCUT2D eigenvalue weighted by atomic mass is 16.1. The summed E-state index contributed by atoms with van der Waals surface area (Å²) in [5, 5.41) is 10.1. The highest BCUT2D eigenvalue weighted by Gasteiger charge is 2.31. The highest BCUT2D eigenvalue weighted by molar-refractivity contribution is 5.96. The minimum absolute atomic E-state index is 0.0832. The lowest BCUT2D eigenvalue weighted by Gasteiger charge is -2.25. The van der Waals surface area contributed by atoms with Gasteiger partial charge in [-0.3, -0.25) is 9.89 Å². The summed E-state index contributed by atoms with van der Waals surface area (Å²) in [5.74, 6) is 2.01. The number of aromatic nitrogens is 4. The second-order valence-corrected chi connectivity index (χ2v) is 7.73. The summed E-state index contributed by atoms with van der Waals surface area (Å²) < 4.78 is 0. The number of nitrogens with zero attached hydrogens (tertiary/aromatic N) is 4. The molecule has 2 aromatic heterocycles. The maximum atomic E-state index is 12.5. The van der Waals surface area contributed by atoms with Gasteiger partial charge in [-0.25, -0.2) is 9.97 Å². The zero-order valence-electron chi connectivity index (χ0n) is 16.3.